The number of nitrogens with zero attached hydrogens (tertiary/aromatic N) is 1. The van der Waals surface area contributed by atoms with E-state index in [0.717, 1.165) is 12.0 Å². The normalized spacial score (nSPS) is 21.3. The minimum atomic E-state index is -0.835. The number of aromatic nitrogens is 1. The molecule has 1 aromatic heterocycles. The third-order valence-corrected chi connectivity index (χ3v) is 5.03. The molecule has 3 rings (SSSR count). The van der Waals surface area contributed by atoms with Crippen LogP contribution in [0.25, 0.3) is 11.3 Å². The Balaban J connectivity index is 1.66. The summed E-state index contributed by atoms with van der Waals surface area (Å²) in [4.78, 5) is 4.46. The molecule has 3 heteroatoms. The van der Waals surface area contributed by atoms with Crippen LogP contribution in [-0.4, -0.2) is 4.98 Å². The van der Waals surface area contributed by atoms with E-state index in [2.05, 4.69) is 30.1 Å². The van der Waals surface area contributed by atoms with E-state index in [4.69, 9.17) is 0 Å². The van der Waals surface area contributed by atoms with Gasteiger partial charge in [0.15, 0.2) is 11.6 Å². The second-order valence-corrected chi connectivity index (χ2v) is 6.63. The van der Waals surface area contributed by atoms with Crippen molar-refractivity contribution in [3.63, 3.8) is 0 Å². The minimum absolute atomic E-state index is 0.568. The maximum Gasteiger partial charge on any atom is 0.159 e. The summed E-state index contributed by atoms with van der Waals surface area (Å²) in [6.45, 7) is 2.08. The van der Waals surface area contributed by atoms with E-state index < -0.39 is 11.6 Å². The first-order chi connectivity index (χ1) is 11.7. The Labute approximate surface area is 142 Å². The molecule has 0 amide bonds. The highest BCUT2D eigenvalue weighted by atomic mass is 19.2. The van der Waals surface area contributed by atoms with Crippen LogP contribution in [0.5, 0.6) is 0 Å². The van der Waals surface area contributed by atoms with Crippen molar-refractivity contribution in [2.24, 2.45) is 5.92 Å². The number of halogens is 2. The lowest BCUT2D eigenvalue weighted by molar-refractivity contribution is 0.328. The maximum atomic E-state index is 13.4. The van der Waals surface area contributed by atoms with Gasteiger partial charge in [0, 0.05) is 11.8 Å². The van der Waals surface area contributed by atoms with Gasteiger partial charge in [0.1, 0.15) is 0 Å². The quantitative estimate of drug-likeness (QED) is 0.603. The second kappa shape index (κ2) is 7.69. The van der Waals surface area contributed by atoms with Gasteiger partial charge in [-0.1, -0.05) is 18.2 Å². The van der Waals surface area contributed by atoms with Gasteiger partial charge in [0.25, 0.3) is 0 Å². The van der Waals surface area contributed by atoms with Gasteiger partial charge >= 0.3 is 0 Å². The van der Waals surface area contributed by atoms with Gasteiger partial charge in [-0.3, -0.25) is 4.98 Å². The molecule has 0 radical (unpaired) electrons. The van der Waals surface area contributed by atoms with E-state index in [-0.39, 0.29) is 0 Å². The van der Waals surface area contributed by atoms with Crippen molar-refractivity contribution in [3.8, 4) is 11.3 Å². The summed E-state index contributed by atoms with van der Waals surface area (Å²) >= 11 is 0. The molecule has 0 spiro atoms. The van der Waals surface area contributed by atoms with Gasteiger partial charge in [-0.25, -0.2) is 8.78 Å². The molecule has 0 N–H and O–H groups in total. The Morgan fingerprint density at radius 3 is 2.46 bits per heavy atom. The van der Waals surface area contributed by atoms with E-state index in [9.17, 15) is 8.78 Å². The van der Waals surface area contributed by atoms with Gasteiger partial charge in [-0.05, 0) is 80.7 Å². The molecule has 126 valence electrons. The summed E-state index contributed by atoms with van der Waals surface area (Å²) in [5.74, 6) is -0.284. The predicted molar refractivity (Wildman–Crippen MR) is 93.7 cm³/mol. The number of benzene rings is 1. The third kappa shape index (κ3) is 3.89. The molecule has 0 aliphatic heterocycles. The highest BCUT2D eigenvalue weighted by Crippen LogP contribution is 2.37. The van der Waals surface area contributed by atoms with Gasteiger partial charge in [-0.2, -0.15) is 0 Å². The van der Waals surface area contributed by atoms with E-state index in [1.165, 1.54) is 43.7 Å². The molecule has 24 heavy (non-hydrogen) atoms. The Morgan fingerprint density at radius 1 is 1.04 bits per heavy atom. The average Bonchev–Trinajstić information content (AvgIpc) is 2.63. The fraction of sp³-hybridized carbons (Fsp3) is 0.381. The largest absolute Gasteiger partial charge is 0.256 e. The molecule has 0 atom stereocenters. The van der Waals surface area contributed by atoms with Crippen LogP contribution in [0, 0.1) is 17.6 Å². The SMILES string of the molecule is C/C=C/CC1CCC(c2ccc(-c3ccc(F)c(F)c3)nc2)CC1. The lowest BCUT2D eigenvalue weighted by Gasteiger charge is -2.28. The third-order valence-electron chi connectivity index (χ3n) is 5.03. The van der Waals surface area contributed by atoms with Crippen molar-refractivity contribution in [3.05, 3.63) is 65.9 Å². The first-order valence-electron chi connectivity index (χ1n) is 8.70. The minimum Gasteiger partial charge on any atom is -0.256 e. The molecular weight excluding hydrogens is 304 g/mol. The van der Waals surface area contributed by atoms with Crippen molar-refractivity contribution >= 4 is 0 Å². The molecule has 2 aromatic rings. The monoisotopic (exact) mass is 327 g/mol. The van der Waals surface area contributed by atoms with Gasteiger partial charge < -0.3 is 0 Å². The van der Waals surface area contributed by atoms with E-state index in [1.54, 1.807) is 6.07 Å². The van der Waals surface area contributed by atoms with E-state index in [0.29, 0.717) is 17.2 Å². The summed E-state index contributed by atoms with van der Waals surface area (Å²) in [5, 5.41) is 0. The lowest BCUT2D eigenvalue weighted by Crippen LogP contribution is -2.13. The maximum absolute atomic E-state index is 13.4. The molecule has 0 bridgehead atoms. The van der Waals surface area contributed by atoms with Crippen LogP contribution in [0.2, 0.25) is 0 Å². The smallest absolute Gasteiger partial charge is 0.159 e. The molecule has 0 saturated heterocycles. The zero-order chi connectivity index (χ0) is 16.9. The first kappa shape index (κ1) is 16.8. The van der Waals surface area contributed by atoms with Gasteiger partial charge in [-0.15, -0.1) is 0 Å². The summed E-state index contributed by atoms with van der Waals surface area (Å²) in [6.07, 6.45) is 12.4. The zero-order valence-corrected chi connectivity index (χ0v) is 14.0. The number of pyridine rings is 1. The summed E-state index contributed by atoms with van der Waals surface area (Å²) < 4.78 is 26.4. The van der Waals surface area contributed by atoms with Crippen LogP contribution in [0.4, 0.5) is 8.78 Å². The van der Waals surface area contributed by atoms with Crippen molar-refractivity contribution in [2.75, 3.05) is 0 Å². The Bertz CT molecular complexity index is 698. The van der Waals surface area contributed by atoms with Crippen molar-refractivity contribution < 1.29 is 8.78 Å². The fourth-order valence-electron chi connectivity index (χ4n) is 3.53. The van der Waals surface area contributed by atoms with Crippen LogP contribution in [-0.2, 0) is 0 Å². The Hall–Kier alpha value is -2.03. The molecule has 1 fully saturated rings. The molecular formula is C21H23F2N. The number of rotatable bonds is 4. The molecule has 1 heterocycles. The lowest BCUT2D eigenvalue weighted by atomic mass is 9.78. The number of hydrogen-bond acceptors (Lipinski definition) is 1. The molecule has 1 aromatic carbocycles. The zero-order valence-electron chi connectivity index (χ0n) is 14.0. The van der Waals surface area contributed by atoms with Gasteiger partial charge in [0.2, 0.25) is 0 Å². The summed E-state index contributed by atoms with van der Waals surface area (Å²) in [5.41, 5.74) is 2.54. The van der Waals surface area contributed by atoms with Crippen molar-refractivity contribution in [1.29, 1.82) is 0 Å². The molecule has 1 aliphatic rings. The highest BCUT2D eigenvalue weighted by molar-refractivity contribution is 5.59. The molecule has 0 unspecified atom stereocenters. The first-order valence-corrected chi connectivity index (χ1v) is 8.70. The van der Waals surface area contributed by atoms with E-state index in [1.807, 2.05) is 12.3 Å². The number of allylic oxidation sites excluding steroid dienone is 2. The predicted octanol–water partition coefficient (Wildman–Crippen LogP) is 6.27. The van der Waals surface area contributed by atoms with Crippen molar-refractivity contribution in [2.45, 2.75) is 44.9 Å². The highest BCUT2D eigenvalue weighted by Gasteiger charge is 2.21. The summed E-state index contributed by atoms with van der Waals surface area (Å²) in [7, 11) is 0. The topological polar surface area (TPSA) is 12.9 Å². The average molecular weight is 327 g/mol. The molecule has 1 nitrogen and oxygen atoms in total. The van der Waals surface area contributed by atoms with Crippen LogP contribution in [0.15, 0.2) is 48.7 Å². The Morgan fingerprint density at radius 2 is 1.83 bits per heavy atom. The standard InChI is InChI=1S/C21H23F2N/c1-2-3-4-15-5-7-16(8-6-15)18-10-12-21(24-14-18)17-9-11-19(22)20(23)13-17/h2-3,9-16H,4-8H2,1H3/b3-2+. The van der Waals surface area contributed by atoms with Gasteiger partial charge in [0.05, 0.1) is 5.69 Å². The molecule has 1 saturated carbocycles. The Kier molecular flexibility index (Phi) is 5.39. The second-order valence-electron chi connectivity index (χ2n) is 6.63. The van der Waals surface area contributed by atoms with Crippen LogP contribution < -0.4 is 0 Å². The fourth-order valence-corrected chi connectivity index (χ4v) is 3.53. The van der Waals surface area contributed by atoms with E-state index >= 15 is 0 Å². The van der Waals surface area contributed by atoms with Crippen LogP contribution in [0.1, 0.15) is 50.5 Å². The molecule has 1 aliphatic carbocycles. The number of hydrogen-bond donors (Lipinski definition) is 0. The van der Waals surface area contributed by atoms with Crippen molar-refractivity contribution in [1.82, 2.24) is 4.98 Å². The summed E-state index contributed by atoms with van der Waals surface area (Å²) in [6, 6.07) is 7.90. The van der Waals surface area contributed by atoms with Crippen LogP contribution >= 0.6 is 0 Å². The van der Waals surface area contributed by atoms with Crippen LogP contribution in [0.3, 0.4) is 0 Å².